The van der Waals surface area contributed by atoms with Gasteiger partial charge in [0, 0.05) is 19.1 Å². The molecule has 162 valence electrons. The van der Waals surface area contributed by atoms with Crippen molar-refractivity contribution in [1.29, 1.82) is 0 Å². The molecule has 0 aromatic heterocycles. The molecule has 0 unspecified atom stereocenters. The van der Waals surface area contributed by atoms with Crippen molar-refractivity contribution in [2.24, 2.45) is 0 Å². The van der Waals surface area contributed by atoms with E-state index in [0.29, 0.717) is 24.5 Å². The highest BCUT2D eigenvalue weighted by Gasteiger charge is 2.41. The van der Waals surface area contributed by atoms with Crippen molar-refractivity contribution in [2.45, 2.75) is 82.3 Å². The van der Waals surface area contributed by atoms with Crippen LogP contribution in [0.15, 0.2) is 12.1 Å². The molecule has 1 saturated heterocycles. The van der Waals surface area contributed by atoms with Crippen LogP contribution in [-0.4, -0.2) is 65.3 Å². The summed E-state index contributed by atoms with van der Waals surface area (Å²) < 4.78 is 17.7. The van der Waals surface area contributed by atoms with Crippen molar-refractivity contribution in [3.8, 4) is 11.5 Å². The Labute approximate surface area is 173 Å². The number of benzene rings is 1. The summed E-state index contributed by atoms with van der Waals surface area (Å²) in [5, 5.41) is 21.1. The molecule has 1 aromatic carbocycles. The van der Waals surface area contributed by atoms with Crippen molar-refractivity contribution in [1.82, 2.24) is 4.90 Å². The molecule has 0 amide bonds. The van der Waals surface area contributed by atoms with Gasteiger partial charge in [-0.25, -0.2) is 0 Å². The molecule has 3 atom stereocenters. The first-order valence-corrected chi connectivity index (χ1v) is 10.8. The zero-order valence-electron chi connectivity index (χ0n) is 18.1. The van der Waals surface area contributed by atoms with Gasteiger partial charge in [-0.1, -0.05) is 0 Å². The Morgan fingerprint density at radius 1 is 1.21 bits per heavy atom. The fourth-order valence-electron chi connectivity index (χ4n) is 4.77. The first-order valence-electron chi connectivity index (χ1n) is 10.8. The van der Waals surface area contributed by atoms with Crippen LogP contribution in [0.4, 0.5) is 0 Å². The number of piperidine rings is 1. The maximum absolute atomic E-state index is 10.7. The normalized spacial score (nSPS) is 28.8. The van der Waals surface area contributed by atoms with Gasteiger partial charge in [-0.3, -0.25) is 4.90 Å². The zero-order valence-corrected chi connectivity index (χ0v) is 18.1. The minimum absolute atomic E-state index is 0.160. The van der Waals surface area contributed by atoms with E-state index < -0.39 is 11.7 Å². The molecule has 2 fully saturated rings. The molecule has 2 heterocycles. The van der Waals surface area contributed by atoms with Gasteiger partial charge in [0.25, 0.3) is 0 Å². The van der Waals surface area contributed by atoms with Gasteiger partial charge in [0.05, 0.1) is 30.5 Å². The first-order chi connectivity index (χ1) is 13.7. The highest BCUT2D eigenvalue weighted by molar-refractivity contribution is 5.49. The Kier molecular flexibility index (Phi) is 5.57. The van der Waals surface area contributed by atoms with Crippen LogP contribution in [0.1, 0.15) is 63.6 Å². The lowest BCUT2D eigenvalue weighted by Crippen LogP contribution is -2.53. The Hall–Kier alpha value is -1.34. The molecule has 4 rings (SSSR count). The number of hydrogen-bond acceptors (Lipinski definition) is 6. The number of rotatable bonds is 5. The predicted octanol–water partition coefficient (Wildman–Crippen LogP) is 2.84. The van der Waals surface area contributed by atoms with Gasteiger partial charge in [0.15, 0.2) is 11.5 Å². The molecule has 0 radical (unpaired) electrons. The van der Waals surface area contributed by atoms with Gasteiger partial charge >= 0.3 is 0 Å². The molecule has 1 aromatic rings. The average Bonchev–Trinajstić information content (AvgIpc) is 2.63. The smallest absolute Gasteiger partial charge is 0.161 e. The van der Waals surface area contributed by atoms with Gasteiger partial charge in [-0.15, -0.1) is 0 Å². The van der Waals surface area contributed by atoms with E-state index in [0.717, 1.165) is 38.8 Å². The van der Waals surface area contributed by atoms with Gasteiger partial charge in [0.1, 0.15) is 6.61 Å². The summed E-state index contributed by atoms with van der Waals surface area (Å²) in [6.07, 6.45) is 3.57. The van der Waals surface area contributed by atoms with E-state index in [1.54, 1.807) is 7.11 Å². The number of methoxy groups -OCH3 is 1. The summed E-state index contributed by atoms with van der Waals surface area (Å²) >= 11 is 0. The Morgan fingerprint density at radius 2 is 1.97 bits per heavy atom. The molecular weight excluding hydrogens is 370 g/mol. The molecule has 0 bridgehead atoms. The average molecular weight is 406 g/mol. The van der Waals surface area contributed by atoms with Crippen molar-refractivity contribution in [2.75, 3.05) is 26.8 Å². The minimum atomic E-state index is -0.687. The largest absolute Gasteiger partial charge is 0.493 e. The van der Waals surface area contributed by atoms with Crippen LogP contribution >= 0.6 is 0 Å². The third-order valence-electron chi connectivity index (χ3n) is 6.49. The first kappa shape index (κ1) is 20.9. The molecule has 1 aliphatic carbocycles. The van der Waals surface area contributed by atoms with E-state index in [1.807, 2.05) is 20.8 Å². The van der Waals surface area contributed by atoms with Gasteiger partial charge in [-0.2, -0.15) is 0 Å². The number of ether oxygens (including phenoxy) is 3. The third kappa shape index (κ3) is 4.41. The summed E-state index contributed by atoms with van der Waals surface area (Å²) in [5.74, 6) is 1.39. The number of fused-ring (bicyclic) bond motifs is 3. The maximum Gasteiger partial charge on any atom is 0.161 e. The Bertz CT molecular complexity index is 740. The Morgan fingerprint density at radius 3 is 2.59 bits per heavy atom. The van der Waals surface area contributed by atoms with E-state index in [4.69, 9.17) is 14.2 Å². The van der Waals surface area contributed by atoms with Gasteiger partial charge in [0.2, 0.25) is 0 Å². The monoisotopic (exact) mass is 405 g/mol. The lowest BCUT2D eigenvalue weighted by Gasteiger charge is -2.47. The number of hydrogen-bond donors (Lipinski definition) is 2. The summed E-state index contributed by atoms with van der Waals surface area (Å²) in [7, 11) is 1.65. The second-order valence-corrected chi connectivity index (χ2v) is 9.90. The predicted molar refractivity (Wildman–Crippen MR) is 111 cm³/mol. The van der Waals surface area contributed by atoms with Crippen molar-refractivity contribution >= 4 is 0 Å². The molecular formula is C23H35NO5. The summed E-state index contributed by atoms with van der Waals surface area (Å²) in [6, 6.07) is 4.29. The van der Waals surface area contributed by atoms with Crippen LogP contribution in [-0.2, 0) is 11.2 Å². The van der Waals surface area contributed by atoms with Crippen LogP contribution in [0, 0.1) is 0 Å². The molecule has 6 nitrogen and oxygen atoms in total. The van der Waals surface area contributed by atoms with Crippen LogP contribution < -0.4 is 9.47 Å². The highest BCUT2D eigenvalue weighted by atomic mass is 16.5. The van der Waals surface area contributed by atoms with Crippen LogP contribution in [0.25, 0.3) is 0 Å². The topological polar surface area (TPSA) is 71.4 Å². The fourth-order valence-corrected chi connectivity index (χ4v) is 4.77. The minimum Gasteiger partial charge on any atom is -0.493 e. The van der Waals surface area contributed by atoms with Crippen LogP contribution in [0.2, 0.25) is 0 Å². The lowest BCUT2D eigenvalue weighted by molar-refractivity contribution is -0.149. The fraction of sp³-hybridized carbons (Fsp3) is 0.739. The molecule has 0 spiro atoms. The molecule has 1 saturated carbocycles. The molecule has 6 heteroatoms. The number of nitrogens with zero attached hydrogens (tertiary/aromatic N) is 1. The number of aliphatic hydroxyl groups excluding tert-OH is 1. The van der Waals surface area contributed by atoms with Gasteiger partial charge < -0.3 is 24.4 Å². The summed E-state index contributed by atoms with van der Waals surface area (Å²) in [6.45, 7) is 8.07. The summed E-state index contributed by atoms with van der Waals surface area (Å²) in [5.41, 5.74) is 1.49. The van der Waals surface area contributed by atoms with Crippen LogP contribution in [0.3, 0.4) is 0 Å². The molecule has 29 heavy (non-hydrogen) atoms. The van der Waals surface area contributed by atoms with E-state index in [2.05, 4.69) is 17.0 Å². The van der Waals surface area contributed by atoms with Crippen molar-refractivity contribution in [3.05, 3.63) is 23.3 Å². The molecule has 2 aliphatic heterocycles. The van der Waals surface area contributed by atoms with E-state index in [1.165, 1.54) is 11.1 Å². The van der Waals surface area contributed by atoms with Crippen LogP contribution in [0.5, 0.6) is 11.5 Å². The van der Waals surface area contributed by atoms with E-state index in [9.17, 15) is 10.2 Å². The van der Waals surface area contributed by atoms with Crippen molar-refractivity contribution in [3.63, 3.8) is 0 Å². The zero-order chi connectivity index (χ0) is 20.8. The van der Waals surface area contributed by atoms with Crippen molar-refractivity contribution < 1.29 is 24.4 Å². The third-order valence-corrected chi connectivity index (χ3v) is 6.49. The second kappa shape index (κ2) is 7.73. The second-order valence-electron chi connectivity index (χ2n) is 9.90. The number of aliphatic hydroxyl groups is 2. The van der Waals surface area contributed by atoms with Gasteiger partial charge in [-0.05, 0) is 76.1 Å². The quantitative estimate of drug-likeness (QED) is 0.785. The molecule has 3 aliphatic rings. The summed E-state index contributed by atoms with van der Waals surface area (Å²) in [4.78, 5) is 2.42. The van der Waals surface area contributed by atoms with E-state index >= 15 is 0 Å². The highest BCUT2D eigenvalue weighted by Crippen LogP contribution is 2.43. The Balaban J connectivity index is 1.52. The lowest BCUT2D eigenvalue weighted by atomic mass is 9.81. The SMILES string of the molecule is COc1cc2c(cc1OCC1(O)CCC1)CCN1C[C@@H](OC(C)(C)C)[C@H](O)C[C@H]21. The van der Waals surface area contributed by atoms with E-state index in [-0.39, 0.29) is 17.7 Å². The molecule has 2 N–H and O–H groups in total. The maximum atomic E-state index is 10.7. The standard InChI is InChI=1S/C23H35NO5/c1-22(2,3)29-21-13-24-9-6-15-10-20(28-14-23(26)7-5-8-23)19(27-4)11-16(15)17(24)12-18(21)25/h10-11,17-18,21,25-26H,5-9,12-14H2,1-4H3/t17-,18-,21-/m1/s1.